The van der Waals surface area contributed by atoms with Crippen LogP contribution in [0.3, 0.4) is 0 Å². The van der Waals surface area contributed by atoms with Gasteiger partial charge in [0.2, 0.25) is 0 Å². The van der Waals surface area contributed by atoms with Crippen LogP contribution in [0.2, 0.25) is 20.1 Å². The summed E-state index contributed by atoms with van der Waals surface area (Å²) in [5.74, 6) is -0.512. The molecule has 4 aromatic rings. The second-order valence-corrected chi connectivity index (χ2v) is 13.8. The van der Waals surface area contributed by atoms with Gasteiger partial charge in [0.25, 0.3) is 5.69 Å². The summed E-state index contributed by atoms with van der Waals surface area (Å²) >= 11 is 33.8. The monoisotopic (exact) mass is 692 g/mol. The Hall–Kier alpha value is -2.65. The molecule has 1 aliphatic carbocycles. The predicted molar refractivity (Wildman–Crippen MR) is 174 cm³/mol. The van der Waals surface area contributed by atoms with E-state index in [2.05, 4.69) is 5.32 Å². The number of para-hydroxylation sites is 1. The zero-order valence-electron chi connectivity index (χ0n) is 22.0. The molecule has 6 nitrogen and oxygen atoms in total. The second-order valence-electron chi connectivity index (χ2n) is 10.3. The molecule has 1 aliphatic heterocycles. The van der Waals surface area contributed by atoms with Gasteiger partial charge in [-0.25, -0.2) is 4.79 Å². The Morgan fingerprint density at radius 2 is 1.63 bits per heavy atom. The lowest BCUT2D eigenvalue weighted by molar-refractivity contribution is -0.387. The van der Waals surface area contributed by atoms with E-state index in [1.807, 2.05) is 18.2 Å². The van der Waals surface area contributed by atoms with Gasteiger partial charge in [-0.2, -0.15) is 0 Å². The van der Waals surface area contributed by atoms with Crippen LogP contribution >= 0.6 is 69.8 Å². The quantitative estimate of drug-likeness (QED) is 0.0711. The van der Waals surface area contributed by atoms with Gasteiger partial charge in [-0.1, -0.05) is 64.6 Å². The van der Waals surface area contributed by atoms with Crippen molar-refractivity contribution in [2.45, 2.75) is 33.9 Å². The van der Waals surface area contributed by atoms with E-state index >= 15 is 0 Å². The maximum Gasteiger partial charge on any atom is 0.345 e. The molecular weight excluding hydrogens is 674 g/mol. The summed E-state index contributed by atoms with van der Waals surface area (Å²) in [5.41, 5.74) is 2.80. The van der Waals surface area contributed by atoms with Crippen LogP contribution in [-0.4, -0.2) is 21.5 Å². The lowest BCUT2D eigenvalue weighted by Crippen LogP contribution is -2.31. The number of nitrogens with zero attached hydrogens (tertiary/aromatic N) is 1. The molecule has 12 heteroatoms. The summed E-state index contributed by atoms with van der Waals surface area (Å²) in [7, 11) is 0. The van der Waals surface area contributed by atoms with Crippen LogP contribution < -0.4 is 10.1 Å². The molecule has 0 radical (unpaired) electrons. The number of nitro benzene ring substituents is 1. The molecule has 220 valence electrons. The fourth-order valence-corrected chi connectivity index (χ4v) is 8.86. The van der Waals surface area contributed by atoms with Crippen molar-refractivity contribution in [3.8, 4) is 5.75 Å². The normalized spacial score (nSPS) is 22.3. The lowest BCUT2D eigenvalue weighted by atomic mass is 9.77. The van der Waals surface area contributed by atoms with Gasteiger partial charge in [0, 0.05) is 38.0 Å². The molecule has 1 saturated carbocycles. The highest BCUT2D eigenvalue weighted by Gasteiger charge is 2.51. The largest absolute Gasteiger partial charge is 0.423 e. The Kier molecular flexibility index (Phi) is 8.75. The summed E-state index contributed by atoms with van der Waals surface area (Å²) in [5, 5.41) is 16.4. The highest BCUT2D eigenvalue weighted by molar-refractivity contribution is 8.00. The average Bonchev–Trinajstić information content (AvgIpc) is 3.29. The molecule has 0 spiro atoms. The fraction of sp³-hybridized carbons (Fsp3) is 0.194. The highest BCUT2D eigenvalue weighted by atomic mass is 35.5. The molecule has 1 N–H and O–H groups in total. The average molecular weight is 695 g/mol. The summed E-state index contributed by atoms with van der Waals surface area (Å²) in [6, 6.07) is 21.8. The molecule has 4 aromatic carbocycles. The van der Waals surface area contributed by atoms with Gasteiger partial charge >= 0.3 is 5.97 Å². The maximum absolute atomic E-state index is 13.0. The van der Waals surface area contributed by atoms with Crippen LogP contribution in [0.4, 0.5) is 11.4 Å². The number of benzene rings is 4. The number of fused-ring (bicyclic) bond motifs is 3. The minimum Gasteiger partial charge on any atom is -0.423 e. The molecule has 0 amide bonds. The van der Waals surface area contributed by atoms with Gasteiger partial charge in [-0.15, -0.1) is 23.4 Å². The van der Waals surface area contributed by atoms with Gasteiger partial charge in [-0.05, 0) is 78.1 Å². The number of nitrogens with one attached hydrogen (secondary N) is 1. The van der Waals surface area contributed by atoms with Gasteiger partial charge in [-0.3, -0.25) is 10.1 Å². The van der Waals surface area contributed by atoms with Crippen molar-refractivity contribution >= 4 is 87.1 Å². The molecule has 1 fully saturated rings. The number of alkyl halides is 1. The third-order valence-electron chi connectivity index (χ3n) is 7.78. The van der Waals surface area contributed by atoms with E-state index in [4.69, 9.17) is 62.7 Å². The fourth-order valence-electron chi connectivity index (χ4n) is 5.91. The van der Waals surface area contributed by atoms with Crippen molar-refractivity contribution in [2.24, 2.45) is 5.92 Å². The molecule has 0 bridgehead atoms. The number of thioether (sulfide) groups is 1. The van der Waals surface area contributed by atoms with E-state index in [1.165, 1.54) is 30.0 Å². The number of hydrogen-bond donors (Lipinski definition) is 1. The summed E-state index contributed by atoms with van der Waals surface area (Å²) in [4.78, 5) is 24.9. The van der Waals surface area contributed by atoms with Crippen molar-refractivity contribution in [2.75, 3.05) is 5.32 Å². The van der Waals surface area contributed by atoms with Gasteiger partial charge in [0.05, 0.1) is 31.8 Å². The number of hydrogen-bond acceptors (Lipinski definition) is 6. The smallest absolute Gasteiger partial charge is 0.345 e. The summed E-state index contributed by atoms with van der Waals surface area (Å²) in [6.45, 7) is 0. The van der Waals surface area contributed by atoms with Crippen molar-refractivity contribution < 1.29 is 14.5 Å². The number of esters is 1. The first-order chi connectivity index (χ1) is 20.6. The Balaban J connectivity index is 1.37. The van der Waals surface area contributed by atoms with Crippen molar-refractivity contribution in [1.82, 2.24) is 0 Å². The van der Waals surface area contributed by atoms with Crippen LogP contribution in [0.5, 0.6) is 5.75 Å². The number of ether oxygens (including phenoxy) is 1. The molecule has 1 heterocycles. The van der Waals surface area contributed by atoms with E-state index in [9.17, 15) is 14.9 Å². The molecule has 5 atom stereocenters. The van der Waals surface area contributed by atoms with Gasteiger partial charge in [0.15, 0.2) is 0 Å². The first-order valence-corrected chi connectivity index (χ1v) is 16.0. The molecule has 6 rings (SSSR count). The SMILES string of the molecule is O=C(Oc1ccc2c(c1)C1C(Cl)C(Sc3ccccc3[N+](=O)[O-])CC1C(c1ccc(Cl)cc1Cl)N2)c1ccc(Cl)cc1Cl. The molecular formula is C31H21Cl5N2O4S. The van der Waals surface area contributed by atoms with Crippen molar-refractivity contribution in [1.29, 1.82) is 0 Å². The highest BCUT2D eigenvalue weighted by Crippen LogP contribution is 2.59. The second kappa shape index (κ2) is 12.4. The number of carbonyl (C=O) groups is 1. The van der Waals surface area contributed by atoms with E-state index in [0.29, 0.717) is 32.1 Å². The molecule has 43 heavy (non-hydrogen) atoms. The van der Waals surface area contributed by atoms with Crippen LogP contribution in [0, 0.1) is 16.0 Å². The van der Waals surface area contributed by atoms with Crippen LogP contribution in [-0.2, 0) is 0 Å². The van der Waals surface area contributed by atoms with E-state index in [1.54, 1.807) is 42.5 Å². The number of anilines is 1. The topological polar surface area (TPSA) is 81.5 Å². The van der Waals surface area contributed by atoms with Crippen LogP contribution in [0.25, 0.3) is 0 Å². The zero-order valence-corrected chi connectivity index (χ0v) is 26.6. The summed E-state index contributed by atoms with van der Waals surface area (Å²) < 4.78 is 5.73. The Bertz CT molecular complexity index is 1760. The Labute approximate surface area is 276 Å². The third-order valence-corrected chi connectivity index (χ3v) is 11.0. The van der Waals surface area contributed by atoms with E-state index in [0.717, 1.165) is 16.8 Å². The first kappa shape index (κ1) is 30.4. The van der Waals surface area contributed by atoms with E-state index < -0.39 is 11.3 Å². The molecule has 0 saturated heterocycles. The third kappa shape index (κ3) is 6.04. The van der Waals surface area contributed by atoms with Crippen molar-refractivity contribution in [3.63, 3.8) is 0 Å². The van der Waals surface area contributed by atoms with Crippen LogP contribution in [0.1, 0.15) is 39.9 Å². The number of nitro groups is 1. The van der Waals surface area contributed by atoms with Gasteiger partial charge in [0.1, 0.15) is 5.75 Å². The maximum atomic E-state index is 13.0. The number of halogens is 5. The molecule has 0 aromatic heterocycles. The standard InChI is InChI=1S/C31H21Cl5N2O4S/c32-15-5-8-18(22(34)11-15)30-21-14-27(43-26-4-2-1-3-25(26)38(40)41)29(36)28(21)20-13-17(7-10-24(20)37-30)42-31(39)19-9-6-16(33)12-23(19)35/h1-13,21,27-30,37H,14H2. The minimum absolute atomic E-state index is 0.0365. The van der Waals surface area contributed by atoms with Gasteiger partial charge < -0.3 is 10.1 Å². The van der Waals surface area contributed by atoms with Crippen molar-refractivity contribution in [3.05, 3.63) is 126 Å². The molecule has 2 aliphatic rings. The number of carbonyl (C=O) groups excluding carboxylic acids is 1. The van der Waals surface area contributed by atoms with E-state index in [-0.39, 0.29) is 44.3 Å². The minimum atomic E-state index is -0.619. The first-order valence-electron chi connectivity index (χ1n) is 13.2. The predicted octanol–water partition coefficient (Wildman–Crippen LogP) is 10.5. The lowest BCUT2D eigenvalue weighted by Gasteiger charge is -2.38. The summed E-state index contributed by atoms with van der Waals surface area (Å²) in [6.07, 6.45) is 0.649. The zero-order chi connectivity index (χ0) is 30.4. The van der Waals surface area contributed by atoms with Crippen LogP contribution in [0.15, 0.2) is 83.8 Å². The Morgan fingerprint density at radius 1 is 0.907 bits per heavy atom. The molecule has 5 unspecified atom stereocenters. The Morgan fingerprint density at radius 3 is 2.35 bits per heavy atom. The number of rotatable bonds is 6.